The van der Waals surface area contributed by atoms with Gasteiger partial charge in [-0.3, -0.25) is 9.69 Å². The zero-order chi connectivity index (χ0) is 14.5. The van der Waals surface area contributed by atoms with Crippen molar-refractivity contribution in [1.82, 2.24) is 4.90 Å². The second-order valence-electron chi connectivity index (χ2n) is 4.76. The highest BCUT2D eigenvalue weighted by Gasteiger charge is 2.16. The highest BCUT2D eigenvalue weighted by atomic mass is 32.2. The monoisotopic (exact) mass is 305 g/mol. The van der Waals surface area contributed by atoms with E-state index < -0.39 is 0 Å². The van der Waals surface area contributed by atoms with Gasteiger partial charge in [-0.15, -0.1) is 23.1 Å². The van der Waals surface area contributed by atoms with Gasteiger partial charge in [0.05, 0.1) is 6.54 Å². The standard InChI is InChI=1S/C16H19NOS2/c1-12(16-5-4-10-20-16)17(2)11-15(18)13-6-8-14(19-3)9-7-13/h4-10,12H,11H2,1-3H3. The van der Waals surface area contributed by atoms with Crippen LogP contribution in [-0.2, 0) is 0 Å². The van der Waals surface area contributed by atoms with Gasteiger partial charge in [0.15, 0.2) is 5.78 Å². The Balaban J connectivity index is 1.99. The number of rotatable bonds is 6. The van der Waals surface area contributed by atoms with Crippen molar-refractivity contribution < 1.29 is 4.79 Å². The van der Waals surface area contributed by atoms with Crippen LogP contribution >= 0.6 is 23.1 Å². The molecule has 1 heterocycles. The van der Waals surface area contributed by atoms with Gasteiger partial charge < -0.3 is 0 Å². The maximum atomic E-state index is 12.3. The molecule has 0 fully saturated rings. The van der Waals surface area contributed by atoms with Gasteiger partial charge >= 0.3 is 0 Å². The van der Waals surface area contributed by atoms with E-state index >= 15 is 0 Å². The second-order valence-corrected chi connectivity index (χ2v) is 6.62. The van der Waals surface area contributed by atoms with E-state index in [0.29, 0.717) is 6.54 Å². The number of thioether (sulfide) groups is 1. The van der Waals surface area contributed by atoms with E-state index in [1.54, 1.807) is 23.1 Å². The largest absolute Gasteiger partial charge is 0.293 e. The van der Waals surface area contributed by atoms with E-state index in [1.165, 1.54) is 9.77 Å². The molecule has 0 aliphatic carbocycles. The quantitative estimate of drug-likeness (QED) is 0.585. The van der Waals surface area contributed by atoms with E-state index in [9.17, 15) is 4.79 Å². The van der Waals surface area contributed by atoms with Gasteiger partial charge in [0.2, 0.25) is 0 Å². The van der Waals surface area contributed by atoms with Gasteiger partial charge in [0, 0.05) is 21.4 Å². The SMILES string of the molecule is CSc1ccc(C(=O)CN(C)C(C)c2cccs2)cc1. The summed E-state index contributed by atoms with van der Waals surface area (Å²) in [5, 5.41) is 2.07. The minimum Gasteiger partial charge on any atom is -0.293 e. The molecule has 1 atom stereocenters. The Morgan fingerprint density at radius 3 is 2.55 bits per heavy atom. The molecule has 0 saturated heterocycles. The number of benzene rings is 1. The highest BCUT2D eigenvalue weighted by molar-refractivity contribution is 7.98. The molecule has 0 aliphatic rings. The fraction of sp³-hybridized carbons (Fsp3) is 0.312. The Morgan fingerprint density at radius 1 is 1.30 bits per heavy atom. The zero-order valence-electron chi connectivity index (χ0n) is 12.0. The van der Waals surface area contributed by atoms with Crippen molar-refractivity contribution in [3.63, 3.8) is 0 Å². The van der Waals surface area contributed by atoms with E-state index in [4.69, 9.17) is 0 Å². The number of hydrogen-bond acceptors (Lipinski definition) is 4. The molecule has 0 bridgehead atoms. The Labute approximate surface area is 128 Å². The Kier molecular flexibility index (Phi) is 5.40. The average Bonchev–Trinajstić information content (AvgIpc) is 3.00. The smallest absolute Gasteiger partial charge is 0.176 e. The van der Waals surface area contributed by atoms with Crippen molar-refractivity contribution in [3.8, 4) is 0 Å². The van der Waals surface area contributed by atoms with Crippen molar-refractivity contribution in [2.24, 2.45) is 0 Å². The molecular weight excluding hydrogens is 286 g/mol. The number of ketones is 1. The third-order valence-electron chi connectivity index (χ3n) is 3.42. The Morgan fingerprint density at radius 2 is 2.00 bits per heavy atom. The lowest BCUT2D eigenvalue weighted by molar-refractivity contribution is 0.0925. The normalized spacial score (nSPS) is 12.6. The van der Waals surface area contributed by atoms with Gasteiger partial charge in [0.1, 0.15) is 0 Å². The minimum atomic E-state index is 0.170. The molecule has 2 aromatic rings. The molecule has 1 aromatic carbocycles. The van der Waals surface area contributed by atoms with Crippen LogP contribution in [0.1, 0.15) is 28.2 Å². The number of Topliss-reactive ketones (excluding diaryl/α,β-unsaturated/α-hetero) is 1. The van der Waals surface area contributed by atoms with Crippen LogP contribution in [0.25, 0.3) is 0 Å². The molecule has 0 amide bonds. The molecule has 0 N–H and O–H groups in total. The predicted octanol–water partition coefficient (Wildman–Crippen LogP) is 4.35. The minimum absolute atomic E-state index is 0.170. The van der Waals surface area contributed by atoms with Crippen molar-refractivity contribution in [2.45, 2.75) is 17.9 Å². The van der Waals surface area contributed by atoms with Gasteiger partial charge in [-0.25, -0.2) is 0 Å². The summed E-state index contributed by atoms with van der Waals surface area (Å²) in [6.45, 7) is 2.58. The summed E-state index contributed by atoms with van der Waals surface area (Å²) in [6.07, 6.45) is 2.04. The summed E-state index contributed by atoms with van der Waals surface area (Å²) in [7, 11) is 2.00. The van der Waals surface area contributed by atoms with Crippen LogP contribution < -0.4 is 0 Å². The van der Waals surface area contributed by atoms with Crippen LogP contribution in [0.15, 0.2) is 46.7 Å². The maximum absolute atomic E-state index is 12.3. The third kappa shape index (κ3) is 3.72. The summed E-state index contributed by atoms with van der Waals surface area (Å²) in [4.78, 5) is 16.8. The molecule has 0 saturated carbocycles. The van der Waals surface area contributed by atoms with Crippen molar-refractivity contribution >= 4 is 28.9 Å². The highest BCUT2D eigenvalue weighted by Crippen LogP contribution is 2.23. The summed E-state index contributed by atoms with van der Waals surface area (Å²) >= 11 is 3.42. The number of thiophene rings is 1. The molecule has 20 heavy (non-hydrogen) atoms. The van der Waals surface area contributed by atoms with Crippen LogP contribution in [-0.4, -0.2) is 30.5 Å². The summed E-state index contributed by atoms with van der Waals surface area (Å²) in [5.74, 6) is 0.170. The van der Waals surface area contributed by atoms with Gasteiger partial charge in [-0.05, 0) is 43.8 Å². The molecule has 1 aromatic heterocycles. The first-order valence-electron chi connectivity index (χ1n) is 6.52. The summed E-state index contributed by atoms with van der Waals surface area (Å²) < 4.78 is 0. The first-order chi connectivity index (χ1) is 9.61. The first kappa shape index (κ1) is 15.3. The predicted molar refractivity (Wildman–Crippen MR) is 87.9 cm³/mol. The van der Waals surface area contributed by atoms with E-state index in [-0.39, 0.29) is 11.8 Å². The zero-order valence-corrected chi connectivity index (χ0v) is 13.6. The number of carbonyl (C=O) groups is 1. The van der Waals surface area contributed by atoms with Gasteiger partial charge in [-0.2, -0.15) is 0 Å². The molecule has 2 rings (SSSR count). The van der Waals surface area contributed by atoms with Gasteiger partial charge in [0.25, 0.3) is 0 Å². The maximum Gasteiger partial charge on any atom is 0.176 e. The third-order valence-corrected chi connectivity index (χ3v) is 5.21. The molecule has 0 radical (unpaired) electrons. The number of hydrogen-bond donors (Lipinski definition) is 0. The Hall–Kier alpha value is -1.10. The topological polar surface area (TPSA) is 20.3 Å². The van der Waals surface area contributed by atoms with Crippen LogP contribution in [0, 0.1) is 0 Å². The summed E-state index contributed by atoms with van der Waals surface area (Å²) in [6, 6.07) is 12.3. The second kappa shape index (κ2) is 7.07. The molecule has 0 spiro atoms. The van der Waals surface area contributed by atoms with Crippen LogP contribution in [0.4, 0.5) is 0 Å². The van der Waals surface area contributed by atoms with Crippen LogP contribution in [0.2, 0.25) is 0 Å². The lowest BCUT2D eigenvalue weighted by atomic mass is 10.1. The average molecular weight is 305 g/mol. The Bertz CT molecular complexity index is 548. The molecule has 4 heteroatoms. The van der Waals surface area contributed by atoms with E-state index in [1.807, 2.05) is 43.6 Å². The van der Waals surface area contributed by atoms with E-state index in [2.05, 4.69) is 23.3 Å². The first-order valence-corrected chi connectivity index (χ1v) is 8.63. The fourth-order valence-corrected chi connectivity index (χ4v) is 3.23. The number of carbonyl (C=O) groups excluding carboxylic acids is 1. The van der Waals surface area contributed by atoms with Crippen molar-refractivity contribution in [2.75, 3.05) is 19.8 Å². The van der Waals surface area contributed by atoms with E-state index in [0.717, 1.165) is 5.56 Å². The van der Waals surface area contributed by atoms with Gasteiger partial charge in [-0.1, -0.05) is 18.2 Å². The van der Waals surface area contributed by atoms with Crippen LogP contribution in [0.5, 0.6) is 0 Å². The summed E-state index contributed by atoms with van der Waals surface area (Å²) in [5.41, 5.74) is 0.785. The molecular formula is C16H19NOS2. The molecule has 2 nitrogen and oxygen atoms in total. The lowest BCUT2D eigenvalue weighted by Gasteiger charge is -2.23. The molecule has 0 aliphatic heterocycles. The number of likely N-dealkylation sites (N-methyl/N-ethyl adjacent to an activating group) is 1. The molecule has 106 valence electrons. The van der Waals surface area contributed by atoms with Crippen LogP contribution in [0.3, 0.4) is 0 Å². The lowest BCUT2D eigenvalue weighted by Crippen LogP contribution is -2.28. The van der Waals surface area contributed by atoms with Crippen molar-refractivity contribution in [3.05, 3.63) is 52.2 Å². The van der Waals surface area contributed by atoms with Crippen molar-refractivity contribution in [1.29, 1.82) is 0 Å². The fourth-order valence-electron chi connectivity index (χ4n) is 1.98. The number of nitrogens with zero attached hydrogens (tertiary/aromatic N) is 1. The molecule has 1 unspecified atom stereocenters.